The van der Waals surface area contributed by atoms with Crippen LogP contribution in [0.3, 0.4) is 0 Å². The molecule has 0 radical (unpaired) electrons. The van der Waals surface area contributed by atoms with E-state index in [1.54, 1.807) is 60.7 Å². The Kier molecular flexibility index (Phi) is 6.41. The largest absolute Gasteiger partial charge is 0.382 e. The summed E-state index contributed by atoms with van der Waals surface area (Å²) in [6.07, 6.45) is 0. The molecule has 0 aromatic heterocycles. The van der Waals surface area contributed by atoms with Gasteiger partial charge in [-0.05, 0) is 22.3 Å². The number of hydrogen-bond donors (Lipinski definition) is 0. The van der Waals surface area contributed by atoms with Crippen LogP contribution in [-0.4, -0.2) is 11.8 Å². The maximum Gasteiger partial charge on any atom is 0.382 e. The first kappa shape index (κ1) is 25.4. The molecule has 0 fully saturated rings. The van der Waals surface area contributed by atoms with Gasteiger partial charge in [0.05, 0.1) is 0 Å². The SMILES string of the molecule is FC(F)(c1ccc(-c2ccccc2)cc1)C(F)(F)C(F)(F)C(F)(F)c1ccc(-c2ccccc2)cc1. The number of halogens is 8. The zero-order chi connectivity index (χ0) is 26.2. The van der Waals surface area contributed by atoms with E-state index >= 15 is 0 Å². The van der Waals surface area contributed by atoms with Crippen molar-refractivity contribution in [3.63, 3.8) is 0 Å². The topological polar surface area (TPSA) is 0 Å². The fourth-order valence-electron chi connectivity index (χ4n) is 3.76. The van der Waals surface area contributed by atoms with Gasteiger partial charge in [0.2, 0.25) is 0 Å². The van der Waals surface area contributed by atoms with Gasteiger partial charge < -0.3 is 0 Å². The van der Waals surface area contributed by atoms with Crippen molar-refractivity contribution in [1.82, 2.24) is 0 Å². The number of alkyl halides is 8. The van der Waals surface area contributed by atoms with Crippen LogP contribution in [0.4, 0.5) is 35.1 Å². The summed E-state index contributed by atoms with van der Waals surface area (Å²) in [5.41, 5.74) is -1.18. The van der Waals surface area contributed by atoms with E-state index in [-0.39, 0.29) is 0 Å². The van der Waals surface area contributed by atoms with Gasteiger partial charge in [-0.3, -0.25) is 0 Å². The molecule has 0 bridgehead atoms. The van der Waals surface area contributed by atoms with E-state index in [2.05, 4.69) is 0 Å². The van der Waals surface area contributed by atoms with Crippen molar-refractivity contribution in [2.24, 2.45) is 0 Å². The lowest BCUT2D eigenvalue weighted by atomic mass is 9.89. The van der Waals surface area contributed by atoms with E-state index in [0.29, 0.717) is 46.5 Å². The molecule has 8 heteroatoms. The van der Waals surface area contributed by atoms with Gasteiger partial charge in [0, 0.05) is 11.1 Å². The number of benzene rings is 4. The third-order valence-electron chi connectivity index (χ3n) is 5.89. The molecule has 0 amide bonds. The lowest BCUT2D eigenvalue weighted by Gasteiger charge is -2.37. The molecule has 186 valence electrons. The molecule has 0 aliphatic carbocycles. The Bertz CT molecular complexity index is 1190. The van der Waals surface area contributed by atoms with Crippen LogP contribution in [-0.2, 0) is 11.8 Å². The molecule has 4 rings (SSSR count). The van der Waals surface area contributed by atoms with E-state index in [1.165, 1.54) is 0 Å². The van der Waals surface area contributed by atoms with Crippen LogP contribution in [0, 0.1) is 0 Å². The minimum Gasteiger partial charge on any atom is -0.194 e. The minimum absolute atomic E-state index is 0.356. The van der Waals surface area contributed by atoms with Crippen molar-refractivity contribution in [2.75, 3.05) is 0 Å². The molecule has 0 atom stereocenters. The second-order valence-electron chi connectivity index (χ2n) is 8.18. The Morgan fingerprint density at radius 2 is 0.556 bits per heavy atom. The Morgan fingerprint density at radius 1 is 0.306 bits per heavy atom. The molecular formula is C28H18F8. The van der Waals surface area contributed by atoms with Crippen molar-refractivity contribution in [2.45, 2.75) is 23.7 Å². The van der Waals surface area contributed by atoms with Crippen LogP contribution in [0.5, 0.6) is 0 Å². The van der Waals surface area contributed by atoms with Gasteiger partial charge in [-0.1, -0.05) is 109 Å². The molecule has 4 aromatic carbocycles. The predicted molar refractivity (Wildman–Crippen MR) is 121 cm³/mol. The Morgan fingerprint density at radius 3 is 0.833 bits per heavy atom. The summed E-state index contributed by atoms with van der Waals surface area (Å²) in [6.45, 7) is 0. The molecule has 0 spiro atoms. The molecule has 0 unspecified atom stereocenters. The first-order valence-corrected chi connectivity index (χ1v) is 10.7. The van der Waals surface area contributed by atoms with Gasteiger partial charge in [-0.15, -0.1) is 0 Å². The van der Waals surface area contributed by atoms with E-state index in [0.717, 1.165) is 24.3 Å². The standard InChI is InChI=1S/C28H18F8/c29-25(30,23-15-11-21(12-16-23)19-7-3-1-4-8-19)27(33,34)28(35,36)26(31,32)24-17-13-22(14-18-24)20-9-5-2-6-10-20/h1-18H. The average Bonchev–Trinajstić information content (AvgIpc) is 2.89. The van der Waals surface area contributed by atoms with Gasteiger partial charge in [-0.25, -0.2) is 0 Å². The fourth-order valence-corrected chi connectivity index (χ4v) is 3.76. The fraction of sp³-hybridized carbons (Fsp3) is 0.143. The van der Waals surface area contributed by atoms with Crippen LogP contribution >= 0.6 is 0 Å². The van der Waals surface area contributed by atoms with Gasteiger partial charge in [-0.2, -0.15) is 35.1 Å². The predicted octanol–water partition coefficient (Wildman–Crippen LogP) is 9.17. The van der Waals surface area contributed by atoms with Crippen molar-refractivity contribution in [1.29, 1.82) is 0 Å². The molecule has 0 aliphatic heterocycles. The summed E-state index contributed by atoms with van der Waals surface area (Å²) in [4.78, 5) is 0. The monoisotopic (exact) mass is 506 g/mol. The highest BCUT2D eigenvalue weighted by Gasteiger charge is 2.81. The van der Waals surface area contributed by atoms with E-state index < -0.39 is 34.8 Å². The van der Waals surface area contributed by atoms with Crippen LogP contribution in [0.15, 0.2) is 109 Å². The maximum atomic E-state index is 14.7. The molecule has 0 saturated carbocycles. The molecule has 36 heavy (non-hydrogen) atoms. The van der Waals surface area contributed by atoms with Crippen molar-refractivity contribution in [3.8, 4) is 22.3 Å². The van der Waals surface area contributed by atoms with Crippen molar-refractivity contribution < 1.29 is 35.1 Å². The molecule has 0 aliphatic rings. The zero-order valence-electron chi connectivity index (χ0n) is 18.4. The second-order valence-corrected chi connectivity index (χ2v) is 8.18. The Hall–Kier alpha value is -3.68. The first-order chi connectivity index (χ1) is 16.9. The summed E-state index contributed by atoms with van der Waals surface area (Å²) in [7, 11) is 0. The quantitative estimate of drug-likeness (QED) is 0.219. The summed E-state index contributed by atoms with van der Waals surface area (Å²) >= 11 is 0. The van der Waals surface area contributed by atoms with Crippen LogP contribution in [0.1, 0.15) is 11.1 Å². The normalized spacial score (nSPS) is 13.0. The summed E-state index contributed by atoms with van der Waals surface area (Å²) in [5.74, 6) is -24.0. The second kappa shape index (κ2) is 9.08. The molecule has 0 nitrogen and oxygen atoms in total. The first-order valence-electron chi connectivity index (χ1n) is 10.7. The Balaban J connectivity index is 1.65. The summed E-state index contributed by atoms with van der Waals surface area (Å²) in [6, 6.07) is 22.8. The number of rotatable bonds is 7. The third-order valence-corrected chi connectivity index (χ3v) is 5.89. The molecule has 4 aromatic rings. The van der Waals surface area contributed by atoms with Gasteiger partial charge in [0.25, 0.3) is 0 Å². The van der Waals surface area contributed by atoms with Crippen molar-refractivity contribution in [3.05, 3.63) is 120 Å². The van der Waals surface area contributed by atoms with Crippen LogP contribution in [0.25, 0.3) is 22.3 Å². The smallest absolute Gasteiger partial charge is 0.194 e. The third kappa shape index (κ3) is 4.14. The summed E-state index contributed by atoms with van der Waals surface area (Å²) < 4.78 is 117. The molecular weight excluding hydrogens is 488 g/mol. The van der Waals surface area contributed by atoms with Crippen LogP contribution < -0.4 is 0 Å². The molecule has 0 heterocycles. The lowest BCUT2D eigenvalue weighted by Crippen LogP contribution is -2.59. The number of hydrogen-bond acceptors (Lipinski definition) is 0. The molecule has 0 N–H and O–H groups in total. The van der Waals surface area contributed by atoms with Crippen molar-refractivity contribution >= 4 is 0 Å². The van der Waals surface area contributed by atoms with E-state index in [9.17, 15) is 35.1 Å². The van der Waals surface area contributed by atoms with Crippen LogP contribution in [0.2, 0.25) is 0 Å². The molecule has 0 saturated heterocycles. The summed E-state index contributed by atoms with van der Waals surface area (Å²) in [5, 5.41) is 0. The highest BCUT2D eigenvalue weighted by atomic mass is 19.4. The van der Waals surface area contributed by atoms with Gasteiger partial charge >= 0.3 is 23.7 Å². The minimum atomic E-state index is -6.42. The zero-order valence-corrected chi connectivity index (χ0v) is 18.4. The maximum absolute atomic E-state index is 14.7. The van der Waals surface area contributed by atoms with Gasteiger partial charge in [0.15, 0.2) is 0 Å². The highest BCUT2D eigenvalue weighted by Crippen LogP contribution is 2.59. The Labute approximate surface area is 201 Å². The van der Waals surface area contributed by atoms with Gasteiger partial charge in [0.1, 0.15) is 0 Å². The highest BCUT2D eigenvalue weighted by molar-refractivity contribution is 5.64. The lowest BCUT2D eigenvalue weighted by molar-refractivity contribution is -0.374. The van der Waals surface area contributed by atoms with E-state index in [4.69, 9.17) is 0 Å². The van der Waals surface area contributed by atoms with E-state index in [1.807, 2.05) is 0 Å². The average molecular weight is 506 g/mol.